The van der Waals surface area contributed by atoms with Gasteiger partial charge in [0.15, 0.2) is 0 Å². The van der Waals surface area contributed by atoms with E-state index in [1.807, 2.05) is 6.07 Å². The summed E-state index contributed by atoms with van der Waals surface area (Å²) in [7, 11) is 0. The van der Waals surface area contributed by atoms with Crippen LogP contribution in [0.15, 0.2) is 41.2 Å². The van der Waals surface area contributed by atoms with Gasteiger partial charge in [-0.1, -0.05) is 6.07 Å². The molecular formula is C12H8N4O2. The number of nitrogens with zero attached hydrogens (tertiary/aromatic N) is 2. The Labute approximate surface area is 102 Å². The molecule has 2 rings (SSSR count). The van der Waals surface area contributed by atoms with Crippen molar-refractivity contribution >= 4 is 11.6 Å². The number of nitriles is 1. The van der Waals surface area contributed by atoms with E-state index >= 15 is 0 Å². The van der Waals surface area contributed by atoms with E-state index in [1.165, 1.54) is 12.1 Å². The molecule has 2 aromatic rings. The molecule has 18 heavy (non-hydrogen) atoms. The summed E-state index contributed by atoms with van der Waals surface area (Å²) in [4.78, 5) is 22.5. The van der Waals surface area contributed by atoms with Crippen molar-refractivity contribution in [3.8, 4) is 6.07 Å². The first kappa shape index (κ1) is 11.5. The maximum absolute atomic E-state index is 11.7. The molecule has 1 heterocycles. The average molecular weight is 240 g/mol. The van der Waals surface area contributed by atoms with Crippen molar-refractivity contribution in [1.82, 2.24) is 10.2 Å². The highest BCUT2D eigenvalue weighted by atomic mass is 16.2. The molecule has 1 aromatic heterocycles. The van der Waals surface area contributed by atoms with E-state index in [1.54, 1.807) is 24.3 Å². The van der Waals surface area contributed by atoms with Crippen molar-refractivity contribution in [2.24, 2.45) is 0 Å². The topological polar surface area (TPSA) is 98.6 Å². The summed E-state index contributed by atoms with van der Waals surface area (Å²) >= 11 is 0. The van der Waals surface area contributed by atoms with Crippen LogP contribution in [0.4, 0.5) is 5.69 Å². The Bertz CT molecular complexity index is 664. The molecule has 1 aromatic carbocycles. The van der Waals surface area contributed by atoms with Crippen molar-refractivity contribution in [2.75, 3.05) is 5.32 Å². The molecule has 88 valence electrons. The van der Waals surface area contributed by atoms with Gasteiger partial charge >= 0.3 is 0 Å². The number of hydrogen-bond donors (Lipinski definition) is 2. The standard InChI is InChI=1S/C12H8N4O2/c13-7-8-2-1-3-9(6-8)14-12(18)10-4-5-11(17)16-15-10/h1-6H,(H,14,18)(H,16,17). The van der Waals surface area contributed by atoms with Crippen LogP contribution >= 0.6 is 0 Å². The molecule has 0 atom stereocenters. The number of carbonyl (C=O) groups excluding carboxylic acids is 1. The number of rotatable bonds is 2. The van der Waals surface area contributed by atoms with Gasteiger partial charge in [0.1, 0.15) is 5.69 Å². The van der Waals surface area contributed by atoms with E-state index < -0.39 is 5.91 Å². The van der Waals surface area contributed by atoms with Crippen LogP contribution in [0, 0.1) is 11.3 Å². The van der Waals surface area contributed by atoms with E-state index in [2.05, 4.69) is 15.5 Å². The predicted molar refractivity (Wildman–Crippen MR) is 64.0 cm³/mol. The maximum atomic E-state index is 11.7. The monoisotopic (exact) mass is 240 g/mol. The third-order valence-electron chi connectivity index (χ3n) is 2.16. The second-order valence-electron chi connectivity index (χ2n) is 3.45. The van der Waals surface area contributed by atoms with Crippen LogP contribution in [0.5, 0.6) is 0 Å². The largest absolute Gasteiger partial charge is 0.321 e. The van der Waals surface area contributed by atoms with Crippen LogP contribution in [0.3, 0.4) is 0 Å². The highest BCUT2D eigenvalue weighted by molar-refractivity contribution is 6.02. The lowest BCUT2D eigenvalue weighted by atomic mass is 10.2. The molecule has 2 N–H and O–H groups in total. The second kappa shape index (κ2) is 4.93. The number of aromatic nitrogens is 2. The van der Waals surface area contributed by atoms with Crippen LogP contribution in [0.25, 0.3) is 0 Å². The number of amides is 1. The molecule has 0 aliphatic heterocycles. The van der Waals surface area contributed by atoms with E-state index in [4.69, 9.17) is 5.26 Å². The Kier molecular flexibility index (Phi) is 3.16. The fourth-order valence-electron chi connectivity index (χ4n) is 1.33. The van der Waals surface area contributed by atoms with Gasteiger partial charge in [0, 0.05) is 11.8 Å². The Morgan fingerprint density at radius 3 is 2.83 bits per heavy atom. The normalized spacial score (nSPS) is 9.50. The molecule has 6 nitrogen and oxygen atoms in total. The van der Waals surface area contributed by atoms with Gasteiger partial charge in [0.25, 0.3) is 11.5 Å². The fraction of sp³-hybridized carbons (Fsp3) is 0. The molecule has 0 saturated heterocycles. The lowest BCUT2D eigenvalue weighted by molar-refractivity contribution is 0.102. The van der Waals surface area contributed by atoms with Crippen LogP contribution < -0.4 is 10.9 Å². The van der Waals surface area contributed by atoms with Crippen molar-refractivity contribution < 1.29 is 4.79 Å². The molecule has 0 aliphatic rings. The zero-order chi connectivity index (χ0) is 13.0. The minimum absolute atomic E-state index is 0.0944. The number of aromatic amines is 1. The fourth-order valence-corrected chi connectivity index (χ4v) is 1.33. The third kappa shape index (κ3) is 2.59. The minimum Gasteiger partial charge on any atom is -0.321 e. The second-order valence-corrected chi connectivity index (χ2v) is 3.45. The SMILES string of the molecule is N#Cc1cccc(NC(=O)c2ccc(=O)[nH]n2)c1. The van der Waals surface area contributed by atoms with E-state index in [0.29, 0.717) is 11.3 Å². The number of anilines is 1. The van der Waals surface area contributed by atoms with Crippen molar-refractivity contribution in [3.63, 3.8) is 0 Å². The van der Waals surface area contributed by atoms with Gasteiger partial charge in [-0.05, 0) is 24.3 Å². The molecule has 0 spiro atoms. The number of carbonyl (C=O) groups is 1. The Morgan fingerprint density at radius 2 is 2.17 bits per heavy atom. The molecule has 0 unspecified atom stereocenters. The van der Waals surface area contributed by atoms with E-state index in [9.17, 15) is 9.59 Å². The van der Waals surface area contributed by atoms with Gasteiger partial charge in [-0.25, -0.2) is 5.10 Å². The number of nitrogens with one attached hydrogen (secondary N) is 2. The van der Waals surface area contributed by atoms with Crippen LogP contribution in [0.1, 0.15) is 16.1 Å². The molecule has 6 heteroatoms. The first-order valence-corrected chi connectivity index (χ1v) is 5.06. The molecule has 0 fully saturated rings. The summed E-state index contributed by atoms with van der Waals surface area (Å²) in [6.07, 6.45) is 0. The van der Waals surface area contributed by atoms with Gasteiger partial charge in [-0.2, -0.15) is 10.4 Å². The Hall–Kier alpha value is -2.94. The van der Waals surface area contributed by atoms with Gasteiger partial charge in [-0.15, -0.1) is 0 Å². The molecule has 0 bridgehead atoms. The van der Waals surface area contributed by atoms with Gasteiger partial charge in [0.05, 0.1) is 11.6 Å². The quantitative estimate of drug-likeness (QED) is 0.814. The summed E-state index contributed by atoms with van der Waals surface area (Å²) in [5.41, 5.74) is 0.657. The van der Waals surface area contributed by atoms with Crippen molar-refractivity contribution in [3.05, 3.63) is 58.0 Å². The highest BCUT2D eigenvalue weighted by Crippen LogP contribution is 2.10. The number of benzene rings is 1. The molecule has 0 aliphatic carbocycles. The molecule has 1 amide bonds. The van der Waals surface area contributed by atoms with Gasteiger partial charge < -0.3 is 5.32 Å². The van der Waals surface area contributed by atoms with Gasteiger partial charge in [-0.3, -0.25) is 9.59 Å². The zero-order valence-electron chi connectivity index (χ0n) is 9.18. The van der Waals surface area contributed by atoms with E-state index in [0.717, 1.165) is 0 Å². The van der Waals surface area contributed by atoms with Crippen molar-refractivity contribution in [2.45, 2.75) is 0 Å². The maximum Gasteiger partial charge on any atom is 0.276 e. The van der Waals surface area contributed by atoms with Crippen LogP contribution in [0.2, 0.25) is 0 Å². The summed E-state index contributed by atoms with van der Waals surface area (Å²) < 4.78 is 0. The molecular weight excluding hydrogens is 232 g/mol. The van der Waals surface area contributed by atoms with Crippen LogP contribution in [-0.4, -0.2) is 16.1 Å². The summed E-state index contributed by atoms with van der Waals surface area (Å²) in [6, 6.07) is 11.0. The predicted octanol–water partition coefficient (Wildman–Crippen LogP) is 0.894. The zero-order valence-corrected chi connectivity index (χ0v) is 9.18. The first-order valence-electron chi connectivity index (χ1n) is 5.06. The summed E-state index contributed by atoms with van der Waals surface area (Å²) in [5, 5.41) is 17.1. The smallest absolute Gasteiger partial charge is 0.276 e. The molecule has 0 radical (unpaired) electrons. The third-order valence-corrected chi connectivity index (χ3v) is 2.16. The van der Waals surface area contributed by atoms with Crippen LogP contribution in [-0.2, 0) is 0 Å². The highest BCUT2D eigenvalue weighted by Gasteiger charge is 2.07. The number of hydrogen-bond acceptors (Lipinski definition) is 4. The van der Waals surface area contributed by atoms with Gasteiger partial charge in [0.2, 0.25) is 0 Å². The van der Waals surface area contributed by atoms with Crippen molar-refractivity contribution in [1.29, 1.82) is 5.26 Å². The van der Waals surface area contributed by atoms with E-state index in [-0.39, 0.29) is 11.3 Å². The first-order chi connectivity index (χ1) is 8.69. The Balaban J connectivity index is 2.19. The minimum atomic E-state index is -0.457. The molecule has 0 saturated carbocycles. The Morgan fingerprint density at radius 1 is 1.33 bits per heavy atom. The lowest BCUT2D eigenvalue weighted by Crippen LogP contribution is -2.17. The lowest BCUT2D eigenvalue weighted by Gasteiger charge is -2.03. The number of H-pyrrole nitrogens is 1. The summed E-state index contributed by atoms with van der Waals surface area (Å²) in [6.45, 7) is 0. The average Bonchev–Trinajstić information content (AvgIpc) is 2.39. The summed E-state index contributed by atoms with van der Waals surface area (Å²) in [5.74, 6) is -0.457.